The Labute approximate surface area is 97.0 Å². The quantitative estimate of drug-likeness (QED) is 0.855. The fourth-order valence-corrected chi connectivity index (χ4v) is 1.32. The van der Waals surface area contributed by atoms with Gasteiger partial charge >= 0.3 is 6.18 Å². The standard InChI is InChI=1S/C11H13F3N2O/c1-8(17)16-10-5-3-2-4-9(10)6-15-7-11(12,13)14/h2-5,15H,6-7H2,1H3,(H,16,17). The molecule has 1 amide bonds. The molecule has 0 bridgehead atoms. The summed E-state index contributed by atoms with van der Waals surface area (Å²) in [5.74, 6) is -0.256. The average molecular weight is 246 g/mol. The second kappa shape index (κ2) is 5.67. The molecule has 0 saturated carbocycles. The van der Waals surface area contributed by atoms with E-state index in [1.807, 2.05) is 0 Å². The lowest BCUT2D eigenvalue weighted by atomic mass is 10.1. The summed E-state index contributed by atoms with van der Waals surface area (Å²) < 4.78 is 35.8. The highest BCUT2D eigenvalue weighted by atomic mass is 19.4. The van der Waals surface area contributed by atoms with Crippen molar-refractivity contribution < 1.29 is 18.0 Å². The minimum absolute atomic E-state index is 0.0516. The van der Waals surface area contributed by atoms with E-state index in [0.717, 1.165) is 0 Å². The van der Waals surface area contributed by atoms with Gasteiger partial charge < -0.3 is 10.6 Å². The van der Waals surface area contributed by atoms with E-state index in [1.165, 1.54) is 6.92 Å². The molecule has 0 saturated heterocycles. The molecule has 0 aliphatic rings. The Morgan fingerprint density at radius 3 is 2.53 bits per heavy atom. The first-order chi connectivity index (χ1) is 7.88. The van der Waals surface area contributed by atoms with E-state index in [1.54, 1.807) is 24.3 Å². The van der Waals surface area contributed by atoms with Gasteiger partial charge in [-0.1, -0.05) is 18.2 Å². The largest absolute Gasteiger partial charge is 0.401 e. The number of nitrogens with one attached hydrogen (secondary N) is 2. The fraction of sp³-hybridized carbons (Fsp3) is 0.364. The molecule has 1 aromatic rings. The van der Waals surface area contributed by atoms with Crippen molar-refractivity contribution in [1.29, 1.82) is 0 Å². The van der Waals surface area contributed by atoms with Gasteiger partial charge in [-0.3, -0.25) is 4.79 Å². The number of amides is 1. The van der Waals surface area contributed by atoms with Crippen molar-refractivity contribution in [1.82, 2.24) is 5.32 Å². The van der Waals surface area contributed by atoms with E-state index in [2.05, 4.69) is 10.6 Å². The summed E-state index contributed by atoms with van der Waals surface area (Å²) in [4.78, 5) is 10.9. The lowest BCUT2D eigenvalue weighted by Gasteiger charge is -2.12. The molecule has 0 aromatic heterocycles. The Bertz CT molecular complexity index is 391. The van der Waals surface area contributed by atoms with Crippen molar-refractivity contribution in [3.8, 4) is 0 Å². The molecule has 6 heteroatoms. The first kappa shape index (κ1) is 13.5. The number of benzene rings is 1. The molecule has 0 aliphatic heterocycles. The zero-order chi connectivity index (χ0) is 12.9. The van der Waals surface area contributed by atoms with E-state index < -0.39 is 12.7 Å². The van der Waals surface area contributed by atoms with Gasteiger partial charge in [0.15, 0.2) is 0 Å². The maximum atomic E-state index is 11.9. The highest BCUT2D eigenvalue weighted by molar-refractivity contribution is 5.89. The number of hydrogen-bond donors (Lipinski definition) is 2. The third-order valence-electron chi connectivity index (χ3n) is 1.97. The topological polar surface area (TPSA) is 41.1 Å². The first-order valence-electron chi connectivity index (χ1n) is 5.01. The van der Waals surface area contributed by atoms with Crippen LogP contribution in [-0.4, -0.2) is 18.6 Å². The zero-order valence-electron chi connectivity index (χ0n) is 9.27. The smallest absolute Gasteiger partial charge is 0.326 e. The summed E-state index contributed by atoms with van der Waals surface area (Å²) in [6.45, 7) is 0.345. The minimum atomic E-state index is -4.23. The molecule has 0 heterocycles. The summed E-state index contributed by atoms with van der Waals surface area (Å²) in [5.41, 5.74) is 1.14. The van der Waals surface area contributed by atoms with Crippen LogP contribution in [0, 0.1) is 0 Å². The zero-order valence-corrected chi connectivity index (χ0v) is 9.27. The minimum Gasteiger partial charge on any atom is -0.326 e. The average Bonchev–Trinajstić information content (AvgIpc) is 2.18. The lowest BCUT2D eigenvalue weighted by molar-refractivity contribution is -0.125. The predicted molar refractivity (Wildman–Crippen MR) is 58.5 cm³/mol. The molecule has 0 spiro atoms. The maximum absolute atomic E-state index is 11.9. The molecule has 2 N–H and O–H groups in total. The second-order valence-corrected chi connectivity index (χ2v) is 3.56. The molecule has 0 atom stereocenters. The van der Waals surface area contributed by atoms with E-state index >= 15 is 0 Å². The van der Waals surface area contributed by atoms with Crippen LogP contribution in [0.25, 0.3) is 0 Å². The molecule has 17 heavy (non-hydrogen) atoms. The van der Waals surface area contributed by atoms with E-state index in [9.17, 15) is 18.0 Å². The number of halogens is 3. The summed E-state index contributed by atoms with van der Waals surface area (Å²) in [5, 5.41) is 4.84. The van der Waals surface area contributed by atoms with E-state index in [-0.39, 0.29) is 12.5 Å². The van der Waals surface area contributed by atoms with Crippen LogP contribution in [-0.2, 0) is 11.3 Å². The van der Waals surface area contributed by atoms with Crippen LogP contribution in [0.1, 0.15) is 12.5 Å². The van der Waals surface area contributed by atoms with Gasteiger partial charge in [-0.05, 0) is 11.6 Å². The molecular weight excluding hydrogens is 233 g/mol. The molecule has 1 rings (SSSR count). The molecular formula is C11H13F3N2O. The Kier molecular flexibility index (Phi) is 4.51. The summed E-state index contributed by atoms with van der Waals surface area (Å²) in [6, 6.07) is 6.72. The van der Waals surface area contributed by atoms with Crippen molar-refractivity contribution in [3.05, 3.63) is 29.8 Å². The van der Waals surface area contributed by atoms with Crippen LogP contribution in [0.15, 0.2) is 24.3 Å². The Balaban J connectivity index is 2.61. The van der Waals surface area contributed by atoms with E-state index in [4.69, 9.17) is 0 Å². The van der Waals surface area contributed by atoms with Crippen LogP contribution < -0.4 is 10.6 Å². The van der Waals surface area contributed by atoms with Gasteiger partial charge in [-0.2, -0.15) is 13.2 Å². The SMILES string of the molecule is CC(=O)Nc1ccccc1CNCC(F)(F)F. The van der Waals surface area contributed by atoms with Gasteiger partial charge in [0.25, 0.3) is 0 Å². The van der Waals surface area contributed by atoms with Crippen LogP contribution in [0.3, 0.4) is 0 Å². The second-order valence-electron chi connectivity index (χ2n) is 3.56. The van der Waals surface area contributed by atoms with Gasteiger partial charge in [0.05, 0.1) is 6.54 Å². The number of carbonyl (C=O) groups is 1. The number of alkyl halides is 3. The third kappa shape index (κ3) is 5.35. The number of hydrogen-bond acceptors (Lipinski definition) is 2. The summed E-state index contributed by atoms with van der Waals surface area (Å²) in [7, 11) is 0. The maximum Gasteiger partial charge on any atom is 0.401 e. The molecule has 1 aromatic carbocycles. The first-order valence-corrected chi connectivity index (χ1v) is 5.01. The normalized spacial score (nSPS) is 11.3. The Morgan fingerprint density at radius 2 is 1.94 bits per heavy atom. The molecule has 0 unspecified atom stereocenters. The van der Waals surface area contributed by atoms with Crippen LogP contribution in [0.2, 0.25) is 0 Å². The molecule has 0 radical (unpaired) electrons. The monoisotopic (exact) mass is 246 g/mol. The third-order valence-corrected chi connectivity index (χ3v) is 1.97. The summed E-state index contributed by atoms with van der Waals surface area (Å²) >= 11 is 0. The predicted octanol–water partition coefficient (Wildman–Crippen LogP) is 2.30. The van der Waals surface area contributed by atoms with Gasteiger partial charge in [0, 0.05) is 19.2 Å². The number of anilines is 1. The van der Waals surface area contributed by atoms with Crippen LogP contribution >= 0.6 is 0 Å². The number of para-hydroxylation sites is 1. The van der Waals surface area contributed by atoms with Crippen molar-refractivity contribution in [2.24, 2.45) is 0 Å². The van der Waals surface area contributed by atoms with Gasteiger partial charge in [0.2, 0.25) is 5.91 Å². The van der Waals surface area contributed by atoms with Crippen molar-refractivity contribution in [2.45, 2.75) is 19.6 Å². The summed E-state index contributed by atoms with van der Waals surface area (Å²) in [6.07, 6.45) is -4.23. The van der Waals surface area contributed by atoms with Crippen LogP contribution in [0.5, 0.6) is 0 Å². The van der Waals surface area contributed by atoms with E-state index in [0.29, 0.717) is 11.3 Å². The van der Waals surface area contributed by atoms with Gasteiger partial charge in [0.1, 0.15) is 0 Å². The Hall–Kier alpha value is -1.56. The van der Waals surface area contributed by atoms with Crippen molar-refractivity contribution >= 4 is 11.6 Å². The molecule has 0 aliphatic carbocycles. The van der Waals surface area contributed by atoms with Gasteiger partial charge in [-0.15, -0.1) is 0 Å². The molecule has 3 nitrogen and oxygen atoms in total. The Morgan fingerprint density at radius 1 is 1.29 bits per heavy atom. The molecule has 94 valence electrons. The number of rotatable bonds is 4. The lowest BCUT2D eigenvalue weighted by Crippen LogP contribution is -2.28. The van der Waals surface area contributed by atoms with Crippen molar-refractivity contribution in [2.75, 3.05) is 11.9 Å². The number of carbonyl (C=O) groups excluding carboxylic acids is 1. The van der Waals surface area contributed by atoms with Crippen molar-refractivity contribution in [3.63, 3.8) is 0 Å². The van der Waals surface area contributed by atoms with Crippen LogP contribution in [0.4, 0.5) is 18.9 Å². The highest BCUT2D eigenvalue weighted by Crippen LogP contribution is 2.16. The fourth-order valence-electron chi connectivity index (χ4n) is 1.32. The van der Waals surface area contributed by atoms with Gasteiger partial charge in [-0.25, -0.2) is 0 Å². The highest BCUT2D eigenvalue weighted by Gasteiger charge is 2.26. The molecule has 0 fully saturated rings.